The lowest BCUT2D eigenvalue weighted by Crippen LogP contribution is -2.46. The lowest BCUT2D eigenvalue weighted by molar-refractivity contribution is -0.154. The third-order valence-electron chi connectivity index (χ3n) is 9.39. The Kier molecular flexibility index (Phi) is 9.48. The summed E-state index contributed by atoms with van der Waals surface area (Å²) in [5.41, 5.74) is 5.60. The van der Waals surface area contributed by atoms with Crippen LogP contribution in [0.2, 0.25) is 0 Å². The van der Waals surface area contributed by atoms with Crippen molar-refractivity contribution >= 4 is 34.8 Å². The van der Waals surface area contributed by atoms with E-state index >= 15 is 4.79 Å². The maximum absolute atomic E-state index is 15.0. The molecule has 0 bridgehead atoms. The van der Waals surface area contributed by atoms with Crippen molar-refractivity contribution in [1.82, 2.24) is 9.78 Å². The fourth-order valence-corrected chi connectivity index (χ4v) is 7.30. The highest BCUT2D eigenvalue weighted by Gasteiger charge is 2.55. The van der Waals surface area contributed by atoms with Crippen LogP contribution in [0.25, 0.3) is 11.3 Å². The van der Waals surface area contributed by atoms with Crippen molar-refractivity contribution in [3.63, 3.8) is 0 Å². The summed E-state index contributed by atoms with van der Waals surface area (Å²) in [6, 6.07) is 26.4. The predicted octanol–water partition coefficient (Wildman–Crippen LogP) is 6.67. The zero-order valence-electron chi connectivity index (χ0n) is 28.1. The number of ketones is 1. The van der Waals surface area contributed by atoms with E-state index in [-0.39, 0.29) is 19.0 Å². The minimum absolute atomic E-state index is 0.0989. The fraction of sp³-hybridized carbons (Fsp3) is 0.333. The van der Waals surface area contributed by atoms with Crippen LogP contribution in [0.15, 0.2) is 90.5 Å². The van der Waals surface area contributed by atoms with Crippen molar-refractivity contribution in [1.29, 1.82) is 0 Å². The second-order valence-electron chi connectivity index (χ2n) is 12.0. The molecule has 0 fully saturated rings. The molecule has 248 valence electrons. The number of aryl methyl sites for hydroxylation is 1. The lowest BCUT2D eigenvalue weighted by Gasteiger charge is -2.42. The molecule has 0 saturated carbocycles. The van der Waals surface area contributed by atoms with Crippen LogP contribution in [0.3, 0.4) is 0 Å². The molecule has 6 rings (SSSR count). The van der Waals surface area contributed by atoms with Gasteiger partial charge in [0.2, 0.25) is 0 Å². The molecule has 2 heterocycles. The highest BCUT2D eigenvalue weighted by atomic mass is 16.5. The molecule has 3 aromatic carbocycles. The van der Waals surface area contributed by atoms with E-state index in [9.17, 15) is 9.59 Å². The van der Waals surface area contributed by atoms with Gasteiger partial charge in [-0.1, -0.05) is 60.7 Å². The molecule has 1 N–H and O–H groups in total. The van der Waals surface area contributed by atoms with Crippen LogP contribution in [0.1, 0.15) is 62.0 Å². The van der Waals surface area contributed by atoms with Gasteiger partial charge in [0.1, 0.15) is 11.7 Å². The highest BCUT2D eigenvalue weighted by molar-refractivity contribution is 6.19. The molecular weight excluding hydrogens is 604 g/mol. The van der Waals surface area contributed by atoms with Gasteiger partial charge in [-0.2, -0.15) is 5.10 Å². The number of esters is 2. The third-order valence-corrected chi connectivity index (χ3v) is 9.39. The molecular formula is C39H42N4O5. The quantitative estimate of drug-likeness (QED) is 0.151. The molecule has 4 atom stereocenters. The predicted molar refractivity (Wildman–Crippen MR) is 186 cm³/mol. The molecule has 1 aliphatic heterocycles. The number of nitrogens with zero attached hydrogens (tertiary/aromatic N) is 3. The lowest BCUT2D eigenvalue weighted by atomic mass is 9.61. The minimum Gasteiger partial charge on any atom is -0.466 e. The second-order valence-corrected chi connectivity index (χ2v) is 12.0. The fourth-order valence-electron chi connectivity index (χ4n) is 7.30. The number of carbonyl (C=O) groups is 3. The number of nitrogens with one attached hydrogen (secondary N) is 1. The van der Waals surface area contributed by atoms with E-state index < -0.39 is 35.7 Å². The minimum atomic E-state index is -1.26. The van der Waals surface area contributed by atoms with Crippen LogP contribution in [0.5, 0.6) is 0 Å². The first-order chi connectivity index (χ1) is 23.3. The summed E-state index contributed by atoms with van der Waals surface area (Å²) in [6.07, 6.45) is 0. The van der Waals surface area contributed by atoms with Crippen molar-refractivity contribution < 1.29 is 23.9 Å². The van der Waals surface area contributed by atoms with Gasteiger partial charge in [-0.15, -0.1) is 0 Å². The molecule has 0 radical (unpaired) electrons. The zero-order chi connectivity index (χ0) is 33.9. The number of carbonyl (C=O) groups excluding carboxylic acids is 3. The van der Waals surface area contributed by atoms with Gasteiger partial charge in [0.05, 0.1) is 36.6 Å². The van der Waals surface area contributed by atoms with E-state index in [0.717, 1.165) is 30.0 Å². The summed E-state index contributed by atoms with van der Waals surface area (Å²) in [7, 11) is 0. The van der Waals surface area contributed by atoms with Crippen LogP contribution in [-0.4, -0.2) is 53.8 Å². The number of para-hydroxylation sites is 1. The van der Waals surface area contributed by atoms with E-state index in [0.29, 0.717) is 33.8 Å². The van der Waals surface area contributed by atoms with Gasteiger partial charge in [-0.25, -0.2) is 4.68 Å². The molecule has 0 spiro atoms. The average Bonchev–Trinajstić information content (AvgIpc) is 3.45. The number of rotatable bonds is 10. The molecule has 4 aromatic rings. The number of benzene rings is 3. The van der Waals surface area contributed by atoms with Crippen LogP contribution in [0.4, 0.5) is 11.5 Å². The van der Waals surface area contributed by atoms with Crippen LogP contribution in [0, 0.1) is 18.8 Å². The number of hydrogen-bond acceptors (Lipinski definition) is 8. The highest BCUT2D eigenvalue weighted by Crippen LogP contribution is 2.55. The van der Waals surface area contributed by atoms with Gasteiger partial charge in [0.15, 0.2) is 5.78 Å². The van der Waals surface area contributed by atoms with E-state index in [1.54, 1.807) is 13.8 Å². The maximum atomic E-state index is 15.0. The number of anilines is 2. The molecule has 2 aliphatic rings. The zero-order valence-corrected chi connectivity index (χ0v) is 28.1. The Morgan fingerprint density at radius 1 is 0.771 bits per heavy atom. The molecule has 1 aromatic heterocycles. The Labute approximate surface area is 281 Å². The van der Waals surface area contributed by atoms with Crippen molar-refractivity contribution in [3.8, 4) is 5.69 Å². The normalized spacial score (nSPS) is 20.0. The molecule has 0 amide bonds. The Morgan fingerprint density at radius 2 is 1.35 bits per heavy atom. The molecule has 4 unspecified atom stereocenters. The van der Waals surface area contributed by atoms with Crippen LogP contribution >= 0.6 is 0 Å². The Morgan fingerprint density at radius 3 is 1.94 bits per heavy atom. The molecule has 0 saturated heterocycles. The van der Waals surface area contributed by atoms with E-state index in [2.05, 4.69) is 24.1 Å². The van der Waals surface area contributed by atoms with Gasteiger partial charge in [-0.3, -0.25) is 14.4 Å². The number of ether oxygens (including phenoxy) is 2. The third kappa shape index (κ3) is 5.67. The Bertz CT molecular complexity index is 1830. The Balaban J connectivity index is 1.66. The molecule has 9 heteroatoms. The number of Topliss-reactive ketones (excluding diaryl/α,β-unsaturated/α-hetero) is 1. The van der Waals surface area contributed by atoms with E-state index in [1.807, 2.05) is 96.5 Å². The van der Waals surface area contributed by atoms with Gasteiger partial charge in [0.25, 0.3) is 0 Å². The first kappa shape index (κ1) is 32.7. The SMILES string of the molecule is CCOC(=O)C1C(=O)C2=C(c3c(C)nn(-c4ccccc4)c3NC2c2ccc(N(CC)CC)cc2)C(C(=O)OCC)C1c1ccccc1. The van der Waals surface area contributed by atoms with E-state index in [1.165, 1.54) is 0 Å². The summed E-state index contributed by atoms with van der Waals surface area (Å²) >= 11 is 0. The topological polar surface area (TPSA) is 103 Å². The monoisotopic (exact) mass is 646 g/mol. The van der Waals surface area contributed by atoms with E-state index in [4.69, 9.17) is 14.6 Å². The number of hydrogen-bond donors (Lipinski definition) is 1. The smallest absolute Gasteiger partial charge is 0.317 e. The summed E-state index contributed by atoms with van der Waals surface area (Å²) in [4.78, 5) is 45.5. The largest absolute Gasteiger partial charge is 0.466 e. The number of aromatic nitrogens is 2. The average molecular weight is 647 g/mol. The van der Waals surface area contributed by atoms with Gasteiger partial charge in [-0.05, 0) is 75.6 Å². The van der Waals surface area contributed by atoms with Gasteiger partial charge < -0.3 is 19.7 Å². The van der Waals surface area contributed by atoms with Crippen LogP contribution in [-0.2, 0) is 23.9 Å². The second kappa shape index (κ2) is 13.9. The summed E-state index contributed by atoms with van der Waals surface area (Å²) in [5.74, 6) is -3.97. The number of fused-ring (bicyclic) bond motifs is 2. The summed E-state index contributed by atoms with van der Waals surface area (Å²) in [6.45, 7) is 11.5. The molecule has 48 heavy (non-hydrogen) atoms. The summed E-state index contributed by atoms with van der Waals surface area (Å²) < 4.78 is 13.2. The van der Waals surface area contributed by atoms with Crippen LogP contribution < -0.4 is 10.2 Å². The molecule has 9 nitrogen and oxygen atoms in total. The standard InChI is InChI=1S/C39H42N4O5/c1-6-42(7-2)27-22-20-26(21-23-27)35-33-31(29-24(5)41-43(37(29)40-35)28-18-14-11-15-19-28)32(38(45)47-8-3)30(25-16-12-10-13-17-25)34(36(33)44)39(46)48-9-4/h10-23,30,32,34-35,40H,6-9H2,1-5H3. The van der Waals surface area contributed by atoms with Gasteiger partial charge in [0, 0.05) is 35.8 Å². The maximum Gasteiger partial charge on any atom is 0.317 e. The first-order valence-electron chi connectivity index (χ1n) is 16.8. The Hall–Kier alpha value is -5.18. The van der Waals surface area contributed by atoms with Crippen molar-refractivity contribution in [2.75, 3.05) is 36.5 Å². The molecule has 1 aliphatic carbocycles. The van der Waals surface area contributed by atoms with Gasteiger partial charge >= 0.3 is 11.9 Å². The van der Waals surface area contributed by atoms with Crippen molar-refractivity contribution in [2.24, 2.45) is 11.8 Å². The van der Waals surface area contributed by atoms with Crippen molar-refractivity contribution in [2.45, 2.75) is 46.6 Å². The van der Waals surface area contributed by atoms with Crippen molar-refractivity contribution in [3.05, 3.63) is 113 Å². The first-order valence-corrected chi connectivity index (χ1v) is 16.8. The summed E-state index contributed by atoms with van der Waals surface area (Å²) in [5, 5.41) is 8.59.